The molecule has 144 valence electrons. The van der Waals surface area contributed by atoms with Gasteiger partial charge in [0.1, 0.15) is 17.3 Å². The van der Waals surface area contributed by atoms with Crippen LogP contribution in [-0.2, 0) is 6.54 Å². The molecule has 0 saturated carbocycles. The summed E-state index contributed by atoms with van der Waals surface area (Å²) in [5.41, 5.74) is 6.63. The van der Waals surface area contributed by atoms with Gasteiger partial charge in [0.15, 0.2) is 0 Å². The third-order valence-corrected chi connectivity index (χ3v) is 4.83. The smallest absolute Gasteiger partial charge is 0.255 e. The Kier molecular flexibility index (Phi) is 6.49. The van der Waals surface area contributed by atoms with Crippen LogP contribution in [0.5, 0.6) is 11.5 Å². The molecule has 2 aromatic carbocycles. The highest BCUT2D eigenvalue weighted by Crippen LogP contribution is 2.32. The summed E-state index contributed by atoms with van der Waals surface area (Å²) in [7, 11) is 0. The molecule has 7 heteroatoms. The maximum Gasteiger partial charge on any atom is 0.255 e. The molecule has 0 aliphatic heterocycles. The number of aromatic nitrogens is 1. The molecule has 0 radical (unpaired) electrons. The van der Waals surface area contributed by atoms with Crippen molar-refractivity contribution < 1.29 is 13.9 Å². The van der Waals surface area contributed by atoms with E-state index >= 15 is 0 Å². The van der Waals surface area contributed by atoms with E-state index in [4.69, 9.17) is 10.5 Å². The molecule has 0 atom stereocenters. The van der Waals surface area contributed by atoms with Crippen molar-refractivity contribution in [2.45, 2.75) is 18.4 Å². The van der Waals surface area contributed by atoms with Gasteiger partial charge >= 0.3 is 0 Å². The fourth-order valence-corrected chi connectivity index (χ4v) is 3.27. The van der Waals surface area contributed by atoms with Gasteiger partial charge in [0.25, 0.3) is 5.91 Å². The number of hydrogen-bond acceptors (Lipinski definition) is 5. The summed E-state index contributed by atoms with van der Waals surface area (Å²) >= 11 is 1.72. The maximum absolute atomic E-state index is 13.0. The maximum atomic E-state index is 13.0. The van der Waals surface area contributed by atoms with Crippen LogP contribution in [0.1, 0.15) is 22.8 Å². The van der Waals surface area contributed by atoms with Crippen LogP contribution in [-0.4, -0.2) is 16.6 Å². The molecule has 1 amide bonds. The number of carbonyl (C=O) groups excluding carboxylic acids is 1. The van der Waals surface area contributed by atoms with Gasteiger partial charge in [-0.15, -0.1) is 11.8 Å². The molecule has 0 aliphatic carbocycles. The standard InChI is InChI=1S/C21H20FN3O2S/c1-2-28-18-6-4-3-5-17(18)27-15-9-7-14(8-10-15)13-24-21(26)16-11-12-19(22)25-20(16)23/h3-12H,2,13H2,1H3,(H2,23,25)(H,24,26). The van der Waals surface area contributed by atoms with Crippen molar-refractivity contribution in [3.63, 3.8) is 0 Å². The van der Waals surface area contributed by atoms with Crippen LogP contribution in [0.15, 0.2) is 65.6 Å². The highest BCUT2D eigenvalue weighted by atomic mass is 32.2. The number of carbonyl (C=O) groups is 1. The second-order valence-corrected chi connectivity index (χ2v) is 7.18. The SMILES string of the molecule is CCSc1ccccc1Oc1ccc(CNC(=O)c2ccc(F)nc2N)cc1. The number of rotatable bonds is 7. The van der Waals surface area contributed by atoms with Crippen LogP contribution in [0.2, 0.25) is 0 Å². The zero-order chi connectivity index (χ0) is 19.9. The highest BCUT2D eigenvalue weighted by Gasteiger charge is 2.11. The van der Waals surface area contributed by atoms with Gasteiger partial charge < -0.3 is 15.8 Å². The van der Waals surface area contributed by atoms with E-state index in [1.165, 1.54) is 6.07 Å². The predicted molar refractivity (Wildman–Crippen MR) is 109 cm³/mol. The van der Waals surface area contributed by atoms with Gasteiger partial charge in [-0.2, -0.15) is 4.39 Å². The van der Waals surface area contributed by atoms with Crippen LogP contribution >= 0.6 is 11.8 Å². The molecule has 1 aromatic heterocycles. The Balaban J connectivity index is 1.61. The van der Waals surface area contributed by atoms with Gasteiger partial charge in [-0.3, -0.25) is 4.79 Å². The Bertz CT molecular complexity index is 964. The summed E-state index contributed by atoms with van der Waals surface area (Å²) in [6.07, 6.45) is 0. The number of anilines is 1. The van der Waals surface area contributed by atoms with Crippen LogP contribution in [0, 0.1) is 5.95 Å². The van der Waals surface area contributed by atoms with E-state index in [-0.39, 0.29) is 11.4 Å². The van der Waals surface area contributed by atoms with Crippen molar-refractivity contribution in [3.8, 4) is 11.5 Å². The molecule has 28 heavy (non-hydrogen) atoms. The van der Waals surface area contributed by atoms with E-state index in [0.29, 0.717) is 12.3 Å². The average molecular weight is 397 g/mol. The van der Waals surface area contributed by atoms with Crippen molar-refractivity contribution in [2.75, 3.05) is 11.5 Å². The summed E-state index contributed by atoms with van der Waals surface area (Å²) in [6, 6.07) is 17.8. The zero-order valence-electron chi connectivity index (χ0n) is 15.3. The molecular formula is C21H20FN3O2S. The highest BCUT2D eigenvalue weighted by molar-refractivity contribution is 7.99. The number of thioether (sulfide) groups is 1. The number of benzene rings is 2. The number of amides is 1. The number of ether oxygens (including phenoxy) is 1. The van der Waals surface area contributed by atoms with Crippen LogP contribution < -0.4 is 15.8 Å². The van der Waals surface area contributed by atoms with Crippen molar-refractivity contribution in [1.82, 2.24) is 10.3 Å². The second-order valence-electron chi connectivity index (χ2n) is 5.88. The van der Waals surface area contributed by atoms with Gasteiger partial charge in [0, 0.05) is 6.54 Å². The lowest BCUT2D eigenvalue weighted by molar-refractivity contribution is 0.0951. The number of pyridine rings is 1. The largest absolute Gasteiger partial charge is 0.456 e. The molecule has 0 saturated heterocycles. The van der Waals surface area contributed by atoms with Crippen LogP contribution in [0.3, 0.4) is 0 Å². The van der Waals surface area contributed by atoms with E-state index in [1.807, 2.05) is 48.5 Å². The molecular weight excluding hydrogens is 377 g/mol. The number of para-hydroxylation sites is 1. The molecule has 5 nitrogen and oxygen atoms in total. The Hall–Kier alpha value is -3.06. The molecule has 0 spiro atoms. The minimum absolute atomic E-state index is 0.134. The lowest BCUT2D eigenvalue weighted by Crippen LogP contribution is -2.24. The number of hydrogen-bond donors (Lipinski definition) is 2. The third-order valence-electron chi connectivity index (χ3n) is 3.89. The molecule has 3 aromatic rings. The monoisotopic (exact) mass is 397 g/mol. The Morgan fingerprint density at radius 3 is 2.61 bits per heavy atom. The summed E-state index contributed by atoms with van der Waals surface area (Å²) in [6.45, 7) is 2.40. The molecule has 0 aliphatic rings. The zero-order valence-corrected chi connectivity index (χ0v) is 16.1. The first kappa shape index (κ1) is 19.7. The topological polar surface area (TPSA) is 77.2 Å². The fourth-order valence-electron chi connectivity index (χ4n) is 2.53. The fraction of sp³-hybridized carbons (Fsp3) is 0.143. The van der Waals surface area contributed by atoms with Crippen molar-refractivity contribution in [3.05, 3.63) is 77.7 Å². The van der Waals surface area contributed by atoms with Crippen molar-refractivity contribution >= 4 is 23.5 Å². The minimum Gasteiger partial charge on any atom is -0.456 e. The van der Waals surface area contributed by atoms with Gasteiger partial charge in [0.2, 0.25) is 5.95 Å². The first-order chi connectivity index (χ1) is 13.6. The number of nitrogens with zero attached hydrogens (tertiary/aromatic N) is 1. The second kappa shape index (κ2) is 9.23. The van der Waals surface area contributed by atoms with E-state index in [1.54, 1.807) is 11.8 Å². The normalized spacial score (nSPS) is 10.5. The predicted octanol–water partition coefficient (Wildman–Crippen LogP) is 4.64. The third kappa shape index (κ3) is 5.01. The van der Waals surface area contributed by atoms with Crippen molar-refractivity contribution in [2.24, 2.45) is 0 Å². The lowest BCUT2D eigenvalue weighted by atomic mass is 10.2. The van der Waals surface area contributed by atoms with E-state index in [2.05, 4.69) is 17.2 Å². The van der Waals surface area contributed by atoms with E-state index in [0.717, 1.165) is 28.0 Å². The van der Waals surface area contributed by atoms with Gasteiger partial charge in [-0.05, 0) is 47.7 Å². The molecule has 0 fully saturated rings. The number of nitrogens with two attached hydrogens (primary N) is 1. The number of nitrogen functional groups attached to an aromatic ring is 1. The summed E-state index contributed by atoms with van der Waals surface area (Å²) in [4.78, 5) is 16.7. The first-order valence-corrected chi connectivity index (χ1v) is 9.74. The van der Waals surface area contributed by atoms with Gasteiger partial charge in [-0.1, -0.05) is 31.2 Å². The van der Waals surface area contributed by atoms with E-state index < -0.39 is 11.9 Å². The average Bonchev–Trinajstić information content (AvgIpc) is 2.69. The van der Waals surface area contributed by atoms with Crippen LogP contribution in [0.25, 0.3) is 0 Å². The Morgan fingerprint density at radius 1 is 1.14 bits per heavy atom. The summed E-state index contributed by atoms with van der Waals surface area (Å²) < 4.78 is 19.0. The number of nitrogens with one attached hydrogen (secondary N) is 1. The Labute approximate surface area is 167 Å². The first-order valence-electron chi connectivity index (χ1n) is 8.75. The van der Waals surface area contributed by atoms with Gasteiger partial charge in [0.05, 0.1) is 10.5 Å². The van der Waals surface area contributed by atoms with E-state index in [9.17, 15) is 9.18 Å². The molecule has 1 heterocycles. The quantitative estimate of drug-likeness (QED) is 0.449. The molecule has 3 N–H and O–H groups in total. The lowest BCUT2D eigenvalue weighted by Gasteiger charge is -2.11. The van der Waals surface area contributed by atoms with Crippen LogP contribution in [0.4, 0.5) is 10.2 Å². The Morgan fingerprint density at radius 2 is 1.89 bits per heavy atom. The summed E-state index contributed by atoms with van der Waals surface area (Å²) in [5, 5.41) is 2.75. The molecule has 3 rings (SSSR count). The minimum atomic E-state index is -0.719. The van der Waals surface area contributed by atoms with Gasteiger partial charge in [-0.25, -0.2) is 4.98 Å². The van der Waals surface area contributed by atoms with Crippen molar-refractivity contribution in [1.29, 1.82) is 0 Å². The molecule has 0 unspecified atom stereocenters. The molecule has 0 bridgehead atoms. The number of halogens is 1. The summed E-state index contributed by atoms with van der Waals surface area (Å²) in [5.74, 6) is 1.23.